The molecule has 6 heteroatoms. The van der Waals surface area contributed by atoms with Gasteiger partial charge in [0.2, 0.25) is 0 Å². The summed E-state index contributed by atoms with van der Waals surface area (Å²) in [5, 5.41) is 3.68. The van der Waals surface area contributed by atoms with Crippen molar-refractivity contribution < 1.29 is 4.79 Å². The molecule has 1 aliphatic rings. The minimum Gasteiger partial charge on any atom is -0.348 e. The number of amides is 1. The van der Waals surface area contributed by atoms with Gasteiger partial charge in [-0.15, -0.1) is 11.3 Å². The van der Waals surface area contributed by atoms with Gasteiger partial charge in [0.15, 0.2) is 0 Å². The normalized spacial score (nSPS) is 23.8. The SMILES string of the molecule is C[C@@H]1[C@@H](C)CCC[C@H]1NC(=O)c1cc2c(=O)n3ccccc3nc2s1. The van der Waals surface area contributed by atoms with Gasteiger partial charge in [-0.2, -0.15) is 0 Å². The van der Waals surface area contributed by atoms with Gasteiger partial charge in [-0.25, -0.2) is 4.98 Å². The summed E-state index contributed by atoms with van der Waals surface area (Å²) >= 11 is 1.29. The van der Waals surface area contributed by atoms with E-state index < -0.39 is 0 Å². The van der Waals surface area contributed by atoms with Crippen LogP contribution in [0.25, 0.3) is 15.9 Å². The fourth-order valence-electron chi connectivity index (χ4n) is 3.69. The third kappa shape index (κ3) is 2.84. The van der Waals surface area contributed by atoms with E-state index in [0.717, 1.165) is 12.8 Å². The Bertz CT molecular complexity index is 1010. The summed E-state index contributed by atoms with van der Waals surface area (Å²) in [6, 6.07) is 7.33. The molecule has 0 aliphatic heterocycles. The van der Waals surface area contributed by atoms with Gasteiger partial charge in [0, 0.05) is 12.2 Å². The van der Waals surface area contributed by atoms with Gasteiger partial charge in [-0.05, 0) is 36.5 Å². The van der Waals surface area contributed by atoms with Crippen molar-refractivity contribution in [3.8, 4) is 0 Å². The molecule has 1 aliphatic carbocycles. The zero-order valence-corrected chi connectivity index (χ0v) is 15.2. The maximum Gasteiger partial charge on any atom is 0.266 e. The molecule has 1 amide bonds. The topological polar surface area (TPSA) is 63.5 Å². The highest BCUT2D eigenvalue weighted by Gasteiger charge is 2.29. The van der Waals surface area contributed by atoms with Gasteiger partial charge in [0.1, 0.15) is 10.5 Å². The summed E-state index contributed by atoms with van der Waals surface area (Å²) in [6.07, 6.45) is 5.10. The number of hydrogen-bond acceptors (Lipinski definition) is 4. The summed E-state index contributed by atoms with van der Waals surface area (Å²) < 4.78 is 1.52. The van der Waals surface area contributed by atoms with Crippen molar-refractivity contribution in [1.82, 2.24) is 14.7 Å². The Hall–Kier alpha value is -2.21. The van der Waals surface area contributed by atoms with Gasteiger partial charge in [0.05, 0.1) is 10.3 Å². The standard InChI is InChI=1S/C19H21N3O2S/c1-11-6-5-7-14(12(11)2)20-17(23)15-10-13-18(25-15)21-16-8-3-4-9-22(16)19(13)24/h3-4,8-12,14H,5-7H2,1-2H3,(H,20,23)/t11-,12+,14+/m0/s1. The Morgan fingerprint density at radius 2 is 2.16 bits per heavy atom. The van der Waals surface area contributed by atoms with Gasteiger partial charge in [-0.3, -0.25) is 14.0 Å². The van der Waals surface area contributed by atoms with E-state index in [4.69, 9.17) is 0 Å². The number of fused-ring (bicyclic) bond motifs is 2. The van der Waals surface area contributed by atoms with Crippen molar-refractivity contribution in [2.75, 3.05) is 0 Å². The van der Waals surface area contributed by atoms with Crippen LogP contribution in [0.2, 0.25) is 0 Å². The molecule has 3 aromatic heterocycles. The number of aromatic nitrogens is 2. The monoisotopic (exact) mass is 355 g/mol. The summed E-state index contributed by atoms with van der Waals surface area (Å²) in [4.78, 5) is 31.0. The van der Waals surface area contributed by atoms with Crippen molar-refractivity contribution in [3.05, 3.63) is 45.7 Å². The van der Waals surface area contributed by atoms with Crippen LogP contribution in [0, 0.1) is 11.8 Å². The van der Waals surface area contributed by atoms with Crippen LogP contribution in [0.3, 0.4) is 0 Å². The fraction of sp³-hybridized carbons (Fsp3) is 0.421. The molecule has 25 heavy (non-hydrogen) atoms. The van der Waals surface area contributed by atoms with Gasteiger partial charge >= 0.3 is 0 Å². The summed E-state index contributed by atoms with van der Waals surface area (Å²) in [6.45, 7) is 4.46. The molecule has 5 nitrogen and oxygen atoms in total. The molecule has 0 bridgehead atoms. The van der Waals surface area contributed by atoms with Crippen LogP contribution in [0.1, 0.15) is 42.8 Å². The Morgan fingerprint density at radius 3 is 3.00 bits per heavy atom. The lowest BCUT2D eigenvalue weighted by Crippen LogP contribution is -2.43. The molecule has 3 aromatic rings. The third-order valence-corrected chi connectivity index (χ3v) is 6.49. The highest BCUT2D eigenvalue weighted by molar-refractivity contribution is 7.20. The zero-order chi connectivity index (χ0) is 17.6. The molecule has 130 valence electrons. The molecule has 0 aromatic carbocycles. The minimum atomic E-state index is -0.129. The second kappa shape index (κ2) is 6.26. The number of carbonyl (C=O) groups excluding carboxylic acids is 1. The molecule has 0 unspecified atom stereocenters. The number of carbonyl (C=O) groups is 1. The average molecular weight is 355 g/mol. The van der Waals surface area contributed by atoms with E-state index in [-0.39, 0.29) is 17.5 Å². The average Bonchev–Trinajstić information content (AvgIpc) is 3.04. The van der Waals surface area contributed by atoms with Crippen molar-refractivity contribution in [3.63, 3.8) is 0 Å². The number of hydrogen-bond donors (Lipinski definition) is 1. The second-order valence-electron chi connectivity index (χ2n) is 7.02. The van der Waals surface area contributed by atoms with E-state index in [1.807, 2.05) is 6.07 Å². The Balaban J connectivity index is 1.67. The Morgan fingerprint density at radius 1 is 1.32 bits per heavy atom. The van der Waals surface area contributed by atoms with E-state index in [0.29, 0.717) is 32.6 Å². The lowest BCUT2D eigenvalue weighted by Gasteiger charge is -2.34. The number of thiophene rings is 1. The molecule has 1 fully saturated rings. The number of rotatable bonds is 2. The van der Waals surface area contributed by atoms with Crippen LogP contribution in [-0.4, -0.2) is 21.3 Å². The summed E-state index contributed by atoms with van der Waals surface area (Å²) in [7, 11) is 0. The van der Waals surface area contributed by atoms with E-state index in [1.165, 1.54) is 22.2 Å². The highest BCUT2D eigenvalue weighted by Crippen LogP contribution is 2.30. The van der Waals surface area contributed by atoms with Crippen LogP contribution in [0.4, 0.5) is 0 Å². The molecule has 3 heterocycles. The van der Waals surface area contributed by atoms with Gasteiger partial charge in [-0.1, -0.05) is 32.8 Å². The molecule has 0 spiro atoms. The van der Waals surface area contributed by atoms with Crippen molar-refractivity contribution >= 4 is 33.1 Å². The van der Waals surface area contributed by atoms with Crippen molar-refractivity contribution in [2.45, 2.75) is 39.2 Å². The van der Waals surface area contributed by atoms with Crippen LogP contribution in [0.15, 0.2) is 35.3 Å². The number of nitrogens with one attached hydrogen (secondary N) is 1. The quantitative estimate of drug-likeness (QED) is 0.766. The van der Waals surface area contributed by atoms with E-state index in [1.54, 1.807) is 24.4 Å². The zero-order valence-electron chi connectivity index (χ0n) is 14.4. The molecule has 1 N–H and O–H groups in total. The Kier molecular flexibility index (Phi) is 4.07. The summed E-state index contributed by atoms with van der Waals surface area (Å²) in [5.41, 5.74) is 0.471. The smallest absolute Gasteiger partial charge is 0.266 e. The minimum absolute atomic E-state index is 0.0950. The Labute approximate surface area is 149 Å². The maximum atomic E-state index is 12.7. The van der Waals surface area contributed by atoms with E-state index in [2.05, 4.69) is 24.1 Å². The van der Waals surface area contributed by atoms with Crippen LogP contribution in [-0.2, 0) is 0 Å². The molecule has 4 rings (SSSR count). The summed E-state index contributed by atoms with van der Waals surface area (Å²) in [5.74, 6) is 0.999. The molecule has 0 saturated heterocycles. The molecular formula is C19H21N3O2S. The molecule has 1 saturated carbocycles. The lowest BCUT2D eigenvalue weighted by atomic mass is 9.78. The van der Waals surface area contributed by atoms with Crippen LogP contribution in [0.5, 0.6) is 0 Å². The maximum absolute atomic E-state index is 12.7. The second-order valence-corrected chi connectivity index (χ2v) is 8.05. The van der Waals surface area contributed by atoms with E-state index >= 15 is 0 Å². The predicted octanol–water partition coefficient (Wildman–Crippen LogP) is 3.46. The van der Waals surface area contributed by atoms with Gasteiger partial charge < -0.3 is 5.32 Å². The first-order chi connectivity index (χ1) is 12.0. The van der Waals surface area contributed by atoms with E-state index in [9.17, 15) is 9.59 Å². The van der Waals surface area contributed by atoms with Crippen LogP contribution < -0.4 is 10.9 Å². The third-order valence-electron chi connectivity index (χ3n) is 5.46. The highest BCUT2D eigenvalue weighted by atomic mass is 32.1. The first-order valence-electron chi connectivity index (χ1n) is 8.76. The van der Waals surface area contributed by atoms with Crippen molar-refractivity contribution in [2.24, 2.45) is 11.8 Å². The fourth-order valence-corrected chi connectivity index (χ4v) is 4.62. The number of nitrogens with zero attached hydrogens (tertiary/aromatic N) is 2. The number of pyridine rings is 1. The van der Waals surface area contributed by atoms with Crippen LogP contribution >= 0.6 is 11.3 Å². The van der Waals surface area contributed by atoms with Crippen molar-refractivity contribution in [1.29, 1.82) is 0 Å². The first-order valence-corrected chi connectivity index (χ1v) is 9.58. The first kappa shape index (κ1) is 16.3. The lowest BCUT2D eigenvalue weighted by molar-refractivity contribution is 0.0895. The molecule has 0 radical (unpaired) electrons. The molecular weight excluding hydrogens is 334 g/mol. The predicted molar refractivity (Wildman–Crippen MR) is 100 cm³/mol. The largest absolute Gasteiger partial charge is 0.348 e. The van der Waals surface area contributed by atoms with Gasteiger partial charge in [0.25, 0.3) is 11.5 Å². The molecule has 3 atom stereocenters.